The van der Waals surface area contributed by atoms with Gasteiger partial charge in [0.05, 0.1) is 20.6 Å². The fourth-order valence-corrected chi connectivity index (χ4v) is 5.12. The molecule has 0 atom stereocenters. The second-order valence-electron chi connectivity index (χ2n) is 6.52. The van der Waals surface area contributed by atoms with E-state index in [0.717, 1.165) is 19.3 Å². The van der Waals surface area contributed by atoms with Crippen LogP contribution in [0.1, 0.15) is 19.3 Å². The van der Waals surface area contributed by atoms with Crippen molar-refractivity contribution in [3.05, 3.63) is 51.5 Å². The van der Waals surface area contributed by atoms with Crippen LogP contribution in [0, 0.1) is 0 Å². The molecule has 1 aliphatic heterocycles. The fourth-order valence-electron chi connectivity index (χ4n) is 2.94. The molecule has 0 saturated carbocycles. The van der Waals surface area contributed by atoms with Crippen molar-refractivity contribution in [3.8, 4) is 5.75 Å². The molecule has 0 aromatic heterocycles. The highest BCUT2D eigenvalue weighted by molar-refractivity contribution is 7.89. The molecule has 0 aliphatic carbocycles. The van der Waals surface area contributed by atoms with Gasteiger partial charge in [0.25, 0.3) is 5.91 Å². The topological polar surface area (TPSA) is 75.7 Å². The molecule has 29 heavy (non-hydrogen) atoms. The van der Waals surface area contributed by atoms with E-state index < -0.39 is 15.9 Å². The van der Waals surface area contributed by atoms with Crippen LogP contribution >= 0.6 is 34.8 Å². The zero-order valence-electron chi connectivity index (χ0n) is 15.3. The Bertz CT molecular complexity index is 1010. The van der Waals surface area contributed by atoms with Crippen LogP contribution in [0.2, 0.25) is 15.1 Å². The van der Waals surface area contributed by atoms with Gasteiger partial charge >= 0.3 is 0 Å². The SMILES string of the molecule is O=C(COc1ccc(S(=O)(=O)N2CCCCC2)cc1Cl)Nc1cc(Cl)ccc1Cl. The first-order valence-electron chi connectivity index (χ1n) is 8.95. The van der Waals surface area contributed by atoms with Crippen LogP contribution in [-0.2, 0) is 14.8 Å². The van der Waals surface area contributed by atoms with Crippen LogP contribution in [0.15, 0.2) is 41.3 Å². The summed E-state index contributed by atoms with van der Waals surface area (Å²) in [5.74, 6) is -0.258. The zero-order chi connectivity index (χ0) is 21.0. The van der Waals surface area contributed by atoms with E-state index in [-0.39, 0.29) is 22.3 Å². The number of ether oxygens (including phenoxy) is 1. The van der Waals surface area contributed by atoms with Gasteiger partial charge in [-0.2, -0.15) is 4.31 Å². The molecule has 2 aromatic carbocycles. The van der Waals surface area contributed by atoms with Gasteiger partial charge in [-0.05, 0) is 49.2 Å². The lowest BCUT2D eigenvalue weighted by Crippen LogP contribution is -2.35. The highest BCUT2D eigenvalue weighted by atomic mass is 35.5. The maximum absolute atomic E-state index is 12.7. The van der Waals surface area contributed by atoms with E-state index in [9.17, 15) is 13.2 Å². The first kappa shape index (κ1) is 22.2. The summed E-state index contributed by atoms with van der Waals surface area (Å²) in [6.07, 6.45) is 2.72. The number of piperidine rings is 1. The molecule has 6 nitrogen and oxygen atoms in total. The van der Waals surface area contributed by atoms with Gasteiger partial charge in [-0.1, -0.05) is 41.2 Å². The highest BCUT2D eigenvalue weighted by Gasteiger charge is 2.26. The first-order valence-corrected chi connectivity index (χ1v) is 11.5. The van der Waals surface area contributed by atoms with Gasteiger partial charge < -0.3 is 10.1 Å². The van der Waals surface area contributed by atoms with Crippen molar-refractivity contribution in [1.82, 2.24) is 4.31 Å². The molecule has 0 spiro atoms. The second-order valence-corrected chi connectivity index (χ2v) is 9.71. The maximum atomic E-state index is 12.7. The number of halogens is 3. The Hall–Kier alpha value is -1.51. The van der Waals surface area contributed by atoms with Crippen molar-refractivity contribution in [2.45, 2.75) is 24.2 Å². The molecule has 3 rings (SSSR count). The molecule has 10 heteroatoms. The predicted molar refractivity (Wildman–Crippen MR) is 115 cm³/mol. The standard InChI is InChI=1S/C19H19Cl3N2O4S/c20-13-4-6-15(21)17(10-13)23-19(25)12-28-18-7-5-14(11-16(18)22)29(26,27)24-8-2-1-3-9-24/h4-7,10-11H,1-3,8-9,12H2,(H,23,25). The molecule has 0 radical (unpaired) electrons. The summed E-state index contributed by atoms with van der Waals surface area (Å²) >= 11 is 18.1. The summed E-state index contributed by atoms with van der Waals surface area (Å²) in [5.41, 5.74) is 0.363. The normalized spacial score (nSPS) is 15.1. The average Bonchev–Trinajstić information content (AvgIpc) is 2.70. The minimum atomic E-state index is -3.60. The van der Waals surface area contributed by atoms with Gasteiger partial charge in [-0.3, -0.25) is 4.79 Å². The van der Waals surface area contributed by atoms with Crippen LogP contribution < -0.4 is 10.1 Å². The number of hydrogen-bond donors (Lipinski definition) is 1. The van der Waals surface area contributed by atoms with E-state index in [2.05, 4.69) is 5.32 Å². The molecular formula is C19H19Cl3N2O4S. The largest absolute Gasteiger partial charge is 0.482 e. The minimum absolute atomic E-state index is 0.104. The monoisotopic (exact) mass is 476 g/mol. The van der Waals surface area contributed by atoms with E-state index >= 15 is 0 Å². The molecule has 1 aliphatic rings. The van der Waals surface area contributed by atoms with E-state index in [1.165, 1.54) is 28.6 Å². The lowest BCUT2D eigenvalue weighted by atomic mass is 10.2. The number of anilines is 1. The van der Waals surface area contributed by atoms with Crippen molar-refractivity contribution >= 4 is 56.4 Å². The number of sulfonamides is 1. The third-order valence-corrected chi connectivity index (χ3v) is 7.17. The van der Waals surface area contributed by atoms with Gasteiger partial charge in [0.15, 0.2) is 6.61 Å². The van der Waals surface area contributed by atoms with Gasteiger partial charge in [-0.15, -0.1) is 0 Å². The van der Waals surface area contributed by atoms with Crippen LogP contribution in [0.3, 0.4) is 0 Å². The number of rotatable bonds is 6. The maximum Gasteiger partial charge on any atom is 0.262 e. The van der Waals surface area contributed by atoms with Gasteiger partial charge in [0.1, 0.15) is 5.75 Å². The van der Waals surface area contributed by atoms with Gasteiger partial charge in [0.2, 0.25) is 10.0 Å². The van der Waals surface area contributed by atoms with E-state index in [4.69, 9.17) is 39.5 Å². The van der Waals surface area contributed by atoms with Crippen molar-refractivity contribution in [2.75, 3.05) is 25.0 Å². The van der Waals surface area contributed by atoms with Gasteiger partial charge in [0, 0.05) is 18.1 Å². The molecule has 1 heterocycles. The van der Waals surface area contributed by atoms with Crippen molar-refractivity contribution in [3.63, 3.8) is 0 Å². The van der Waals surface area contributed by atoms with Crippen molar-refractivity contribution < 1.29 is 17.9 Å². The molecule has 0 bridgehead atoms. The third-order valence-electron chi connectivity index (χ3n) is 4.42. The number of benzene rings is 2. The molecule has 2 aromatic rings. The Morgan fingerprint density at radius 2 is 1.72 bits per heavy atom. The molecule has 0 unspecified atom stereocenters. The van der Waals surface area contributed by atoms with Crippen LogP contribution in [0.5, 0.6) is 5.75 Å². The molecule has 1 fully saturated rings. The van der Waals surface area contributed by atoms with Crippen LogP contribution in [0.25, 0.3) is 0 Å². The Balaban J connectivity index is 1.64. The quantitative estimate of drug-likeness (QED) is 0.646. The Labute approximate surface area is 184 Å². The van der Waals surface area contributed by atoms with Crippen LogP contribution in [0.4, 0.5) is 5.69 Å². The molecule has 156 valence electrons. The average molecular weight is 478 g/mol. The predicted octanol–water partition coefficient (Wildman–Crippen LogP) is 4.84. The summed E-state index contributed by atoms with van der Waals surface area (Å²) in [7, 11) is -3.60. The fraction of sp³-hybridized carbons (Fsp3) is 0.316. The van der Waals surface area contributed by atoms with Crippen LogP contribution in [-0.4, -0.2) is 38.3 Å². The van der Waals surface area contributed by atoms with E-state index in [0.29, 0.717) is 28.8 Å². The first-order chi connectivity index (χ1) is 13.8. The number of hydrogen-bond acceptors (Lipinski definition) is 4. The molecular weight excluding hydrogens is 459 g/mol. The summed E-state index contributed by atoms with van der Waals surface area (Å²) < 4.78 is 32.3. The molecule has 1 amide bonds. The number of carbonyl (C=O) groups is 1. The number of nitrogens with zero attached hydrogens (tertiary/aromatic N) is 1. The third kappa shape index (κ3) is 5.55. The highest BCUT2D eigenvalue weighted by Crippen LogP contribution is 2.30. The molecule has 1 N–H and O–H groups in total. The van der Waals surface area contributed by atoms with E-state index in [1.54, 1.807) is 12.1 Å². The number of carbonyl (C=O) groups excluding carboxylic acids is 1. The number of amides is 1. The summed E-state index contributed by atoms with van der Waals surface area (Å²) in [6, 6.07) is 8.91. The number of nitrogens with one attached hydrogen (secondary N) is 1. The lowest BCUT2D eigenvalue weighted by molar-refractivity contribution is -0.118. The zero-order valence-corrected chi connectivity index (χ0v) is 18.4. The smallest absolute Gasteiger partial charge is 0.262 e. The summed E-state index contributed by atoms with van der Waals surface area (Å²) in [5, 5.41) is 3.47. The Morgan fingerprint density at radius 3 is 2.41 bits per heavy atom. The Kier molecular flexibility index (Phi) is 7.29. The minimum Gasteiger partial charge on any atom is -0.482 e. The van der Waals surface area contributed by atoms with Crippen molar-refractivity contribution in [1.29, 1.82) is 0 Å². The lowest BCUT2D eigenvalue weighted by Gasteiger charge is -2.26. The Morgan fingerprint density at radius 1 is 1.00 bits per heavy atom. The molecule has 1 saturated heterocycles. The summed E-state index contributed by atoms with van der Waals surface area (Å²) in [6.45, 7) is 0.676. The van der Waals surface area contributed by atoms with Crippen molar-refractivity contribution in [2.24, 2.45) is 0 Å². The van der Waals surface area contributed by atoms with Gasteiger partial charge in [-0.25, -0.2) is 8.42 Å². The second kappa shape index (κ2) is 9.53. The van der Waals surface area contributed by atoms with E-state index in [1.807, 2.05) is 0 Å². The summed E-state index contributed by atoms with van der Waals surface area (Å²) in [4.78, 5) is 12.2.